The molecule has 0 spiro atoms. The van der Waals surface area contributed by atoms with E-state index in [0.717, 1.165) is 15.6 Å². The first-order valence-electron chi connectivity index (χ1n) is 7.74. The van der Waals surface area contributed by atoms with E-state index in [2.05, 4.69) is 24.9 Å². The lowest BCUT2D eigenvalue weighted by Crippen LogP contribution is -2.45. The molecule has 1 aromatic carbocycles. The number of amides is 1. The predicted molar refractivity (Wildman–Crippen MR) is 97.8 cm³/mol. The summed E-state index contributed by atoms with van der Waals surface area (Å²) in [7, 11) is 0. The second kappa shape index (κ2) is 6.11. The minimum absolute atomic E-state index is 0.00240. The Labute approximate surface area is 148 Å². The van der Waals surface area contributed by atoms with Crippen molar-refractivity contribution >= 4 is 34.7 Å². The molecule has 0 radical (unpaired) electrons. The summed E-state index contributed by atoms with van der Waals surface area (Å²) in [4.78, 5) is 21.2. The molecular formula is C18H16N2O2S2. The number of thiazole rings is 1. The zero-order valence-electron chi connectivity index (χ0n) is 13.3. The predicted octanol–water partition coefficient (Wildman–Crippen LogP) is 4.93. The topological polar surface area (TPSA) is 46.3 Å². The normalized spacial score (nSPS) is 20.0. The van der Waals surface area contributed by atoms with E-state index in [1.165, 1.54) is 11.3 Å². The van der Waals surface area contributed by atoms with Crippen LogP contribution in [0.5, 0.6) is 0 Å². The highest BCUT2D eigenvalue weighted by Crippen LogP contribution is 2.42. The zero-order chi connectivity index (χ0) is 16.7. The molecule has 1 aliphatic heterocycles. The molecule has 122 valence electrons. The Hall–Kier alpha value is -2.05. The lowest BCUT2D eigenvalue weighted by atomic mass is 10.1. The van der Waals surface area contributed by atoms with Gasteiger partial charge in [-0.2, -0.15) is 0 Å². The summed E-state index contributed by atoms with van der Waals surface area (Å²) in [5.74, 6) is 0.687. The van der Waals surface area contributed by atoms with Crippen LogP contribution in [0.15, 0.2) is 58.2 Å². The van der Waals surface area contributed by atoms with Crippen LogP contribution in [0, 0.1) is 0 Å². The van der Waals surface area contributed by atoms with Crippen molar-refractivity contribution in [2.24, 2.45) is 0 Å². The maximum atomic E-state index is 13.2. The van der Waals surface area contributed by atoms with Gasteiger partial charge in [-0.05, 0) is 31.2 Å². The molecule has 2 aromatic heterocycles. The highest BCUT2D eigenvalue weighted by molar-refractivity contribution is 8.00. The highest BCUT2D eigenvalue weighted by Gasteiger charge is 2.34. The van der Waals surface area contributed by atoms with E-state index in [1.54, 1.807) is 12.5 Å². The van der Waals surface area contributed by atoms with Crippen molar-refractivity contribution in [3.8, 4) is 10.8 Å². The van der Waals surface area contributed by atoms with Gasteiger partial charge in [0.25, 0.3) is 5.91 Å². The van der Waals surface area contributed by atoms with Crippen molar-refractivity contribution in [3.63, 3.8) is 0 Å². The van der Waals surface area contributed by atoms with Crippen LogP contribution in [-0.2, 0) is 0 Å². The minimum atomic E-state index is -0.00240. The number of thioether (sulfide) groups is 1. The summed E-state index contributed by atoms with van der Waals surface area (Å²) in [6.07, 6.45) is 3.26. The summed E-state index contributed by atoms with van der Waals surface area (Å²) in [5, 5.41) is 1.06. The number of fused-ring (bicyclic) bond motifs is 1. The first-order chi connectivity index (χ1) is 11.6. The number of para-hydroxylation sites is 1. The SMILES string of the molecule is C[C@@H]1[C@@H](C)Sc2ccccc2N1C(=O)c1cnc(-c2ccco2)s1. The van der Waals surface area contributed by atoms with Crippen molar-refractivity contribution in [1.29, 1.82) is 0 Å². The third-order valence-corrected chi connectivity index (χ3v) is 6.56. The maximum Gasteiger partial charge on any atom is 0.270 e. The first-order valence-corrected chi connectivity index (χ1v) is 9.43. The van der Waals surface area contributed by atoms with Crippen molar-refractivity contribution < 1.29 is 9.21 Å². The van der Waals surface area contributed by atoms with Gasteiger partial charge < -0.3 is 9.32 Å². The third kappa shape index (κ3) is 2.56. The van der Waals surface area contributed by atoms with E-state index >= 15 is 0 Å². The van der Waals surface area contributed by atoms with E-state index in [4.69, 9.17) is 4.42 Å². The number of furan rings is 1. The monoisotopic (exact) mass is 356 g/mol. The van der Waals surface area contributed by atoms with Crippen LogP contribution < -0.4 is 4.90 Å². The number of benzene rings is 1. The van der Waals surface area contributed by atoms with Crippen molar-refractivity contribution in [3.05, 3.63) is 53.7 Å². The summed E-state index contributed by atoms with van der Waals surface area (Å²) >= 11 is 3.19. The highest BCUT2D eigenvalue weighted by atomic mass is 32.2. The standard InChI is InChI=1S/C18H16N2O2S2/c1-11-12(2)23-15-8-4-3-6-13(15)20(11)18(21)16-10-19-17(24-16)14-7-5-9-22-14/h3-12H,1-2H3/t11-,12-/m1/s1. The first kappa shape index (κ1) is 15.5. The number of nitrogens with zero attached hydrogens (tertiary/aromatic N) is 2. The molecule has 2 atom stereocenters. The number of aromatic nitrogens is 1. The molecule has 4 rings (SSSR count). The number of anilines is 1. The lowest BCUT2D eigenvalue weighted by molar-refractivity contribution is 0.0981. The molecule has 6 heteroatoms. The van der Waals surface area contributed by atoms with Crippen LogP contribution in [0.3, 0.4) is 0 Å². The Balaban J connectivity index is 1.71. The number of hydrogen-bond donors (Lipinski definition) is 0. The molecule has 0 N–H and O–H groups in total. The third-order valence-electron chi connectivity index (χ3n) is 4.19. The number of carbonyl (C=O) groups excluding carboxylic acids is 1. The van der Waals surface area contributed by atoms with Crippen LogP contribution in [0.25, 0.3) is 10.8 Å². The Morgan fingerprint density at radius 2 is 2.04 bits per heavy atom. The van der Waals surface area contributed by atoms with Gasteiger partial charge in [-0.25, -0.2) is 4.98 Å². The summed E-state index contributed by atoms with van der Waals surface area (Å²) in [5.41, 5.74) is 0.978. The molecule has 4 nitrogen and oxygen atoms in total. The van der Waals surface area contributed by atoms with Gasteiger partial charge in [0.05, 0.1) is 18.1 Å². The van der Waals surface area contributed by atoms with Crippen LogP contribution in [-0.4, -0.2) is 22.2 Å². The van der Waals surface area contributed by atoms with Crippen molar-refractivity contribution in [2.45, 2.75) is 30.0 Å². The summed E-state index contributed by atoms with van der Waals surface area (Å²) in [6.45, 7) is 4.26. The van der Waals surface area contributed by atoms with Gasteiger partial charge in [-0.1, -0.05) is 19.1 Å². The Kier molecular flexibility index (Phi) is 3.94. The van der Waals surface area contributed by atoms with Crippen LogP contribution in [0.2, 0.25) is 0 Å². The Morgan fingerprint density at radius 3 is 2.83 bits per heavy atom. The van der Waals surface area contributed by atoms with Gasteiger partial charge in [0.1, 0.15) is 4.88 Å². The molecule has 0 unspecified atom stereocenters. The second-order valence-electron chi connectivity index (χ2n) is 5.71. The Bertz CT molecular complexity index is 873. The van der Waals surface area contributed by atoms with Gasteiger partial charge in [-0.3, -0.25) is 4.79 Å². The van der Waals surface area contributed by atoms with Gasteiger partial charge in [0, 0.05) is 16.2 Å². The number of carbonyl (C=O) groups is 1. The molecular weight excluding hydrogens is 340 g/mol. The Morgan fingerprint density at radius 1 is 1.21 bits per heavy atom. The van der Waals surface area contributed by atoms with Crippen molar-refractivity contribution in [2.75, 3.05) is 4.90 Å². The molecule has 24 heavy (non-hydrogen) atoms. The van der Waals surface area contributed by atoms with Gasteiger partial charge >= 0.3 is 0 Å². The average Bonchev–Trinajstić information content (AvgIpc) is 3.27. The fourth-order valence-corrected chi connectivity index (χ4v) is 4.77. The van der Waals surface area contributed by atoms with Gasteiger partial charge in [-0.15, -0.1) is 23.1 Å². The van der Waals surface area contributed by atoms with Gasteiger partial charge in [0.15, 0.2) is 10.8 Å². The molecule has 0 bridgehead atoms. The molecule has 0 saturated heterocycles. The van der Waals surface area contributed by atoms with E-state index in [9.17, 15) is 4.79 Å². The number of hydrogen-bond acceptors (Lipinski definition) is 5. The van der Waals surface area contributed by atoms with Crippen LogP contribution in [0.4, 0.5) is 5.69 Å². The largest absolute Gasteiger partial charge is 0.462 e. The molecule has 0 fully saturated rings. The van der Waals surface area contributed by atoms with E-state index in [0.29, 0.717) is 15.9 Å². The molecule has 1 aliphatic rings. The lowest BCUT2D eigenvalue weighted by Gasteiger charge is -2.38. The zero-order valence-corrected chi connectivity index (χ0v) is 14.9. The van der Waals surface area contributed by atoms with E-state index in [-0.39, 0.29) is 11.9 Å². The fourth-order valence-electron chi connectivity index (χ4n) is 2.78. The molecule has 0 saturated carbocycles. The second-order valence-corrected chi connectivity index (χ2v) is 8.16. The van der Waals surface area contributed by atoms with E-state index < -0.39 is 0 Å². The van der Waals surface area contributed by atoms with E-state index in [1.807, 2.05) is 47.0 Å². The average molecular weight is 356 g/mol. The smallest absolute Gasteiger partial charge is 0.270 e. The number of rotatable bonds is 2. The van der Waals surface area contributed by atoms with Crippen molar-refractivity contribution in [1.82, 2.24) is 4.98 Å². The summed E-state index contributed by atoms with van der Waals surface area (Å²) < 4.78 is 5.37. The minimum Gasteiger partial charge on any atom is -0.462 e. The fraction of sp³-hybridized carbons (Fsp3) is 0.222. The molecule has 1 amide bonds. The summed E-state index contributed by atoms with van der Waals surface area (Å²) in [6, 6.07) is 11.9. The molecule has 3 aromatic rings. The van der Waals surface area contributed by atoms with Gasteiger partial charge in [0.2, 0.25) is 0 Å². The van der Waals surface area contributed by atoms with Crippen LogP contribution in [0.1, 0.15) is 23.5 Å². The molecule has 0 aliphatic carbocycles. The maximum absolute atomic E-state index is 13.2. The molecule has 3 heterocycles. The van der Waals surface area contributed by atoms with Crippen LogP contribution >= 0.6 is 23.1 Å². The quantitative estimate of drug-likeness (QED) is 0.653.